The van der Waals surface area contributed by atoms with Gasteiger partial charge in [-0.1, -0.05) is 17.7 Å². The third-order valence-electron chi connectivity index (χ3n) is 3.78. The van der Waals surface area contributed by atoms with Crippen LogP contribution in [0, 0.1) is 0 Å². The molecule has 1 amide bonds. The molecule has 0 unspecified atom stereocenters. The molecule has 0 aromatic heterocycles. The summed E-state index contributed by atoms with van der Waals surface area (Å²) in [7, 11) is 0. The maximum atomic E-state index is 12.5. The summed E-state index contributed by atoms with van der Waals surface area (Å²) in [6, 6.07) is 5.26. The minimum absolute atomic E-state index is 0.0270. The fourth-order valence-electron chi connectivity index (χ4n) is 2.52. The Bertz CT molecular complexity index is 566. The molecule has 1 heterocycles. The smallest absolute Gasteiger partial charge is 0.337 e. The average Bonchev–Trinajstić information content (AvgIpc) is 2.47. The number of carbonyl (C=O) groups is 1. The van der Waals surface area contributed by atoms with Gasteiger partial charge in [0.2, 0.25) is 5.91 Å². The van der Waals surface area contributed by atoms with Crippen molar-refractivity contribution in [2.45, 2.75) is 26.6 Å². The molecular formula is C17H21F3N2O. The van der Waals surface area contributed by atoms with Gasteiger partial charge in [0, 0.05) is 38.8 Å². The Morgan fingerprint density at radius 1 is 1.09 bits per heavy atom. The van der Waals surface area contributed by atoms with Gasteiger partial charge in [-0.15, -0.1) is 0 Å². The Kier molecular flexibility index (Phi) is 5.46. The van der Waals surface area contributed by atoms with Crippen molar-refractivity contribution in [1.82, 2.24) is 9.80 Å². The second-order valence-electron chi connectivity index (χ2n) is 6.02. The maximum absolute atomic E-state index is 12.5. The third-order valence-corrected chi connectivity index (χ3v) is 3.78. The Morgan fingerprint density at radius 2 is 1.65 bits per heavy atom. The van der Waals surface area contributed by atoms with Crippen molar-refractivity contribution >= 4 is 5.91 Å². The van der Waals surface area contributed by atoms with Crippen LogP contribution in [0.15, 0.2) is 35.9 Å². The molecule has 1 saturated heterocycles. The SMILES string of the molecule is CC(C)=CC(=O)N1CCN(Cc2ccc(C(F)(F)F)cc2)CC1. The van der Waals surface area contributed by atoms with Gasteiger partial charge in [-0.2, -0.15) is 13.2 Å². The van der Waals surface area contributed by atoms with E-state index in [9.17, 15) is 18.0 Å². The third kappa shape index (κ3) is 5.10. The van der Waals surface area contributed by atoms with Crippen molar-refractivity contribution in [2.24, 2.45) is 0 Å². The van der Waals surface area contributed by atoms with Crippen LogP contribution in [0.25, 0.3) is 0 Å². The number of hydrogen-bond acceptors (Lipinski definition) is 2. The first-order chi connectivity index (χ1) is 10.8. The molecule has 0 radical (unpaired) electrons. The van der Waals surface area contributed by atoms with Crippen LogP contribution in [0.2, 0.25) is 0 Å². The lowest BCUT2D eigenvalue weighted by atomic mass is 10.1. The molecule has 126 valence electrons. The number of hydrogen-bond donors (Lipinski definition) is 0. The van der Waals surface area contributed by atoms with Gasteiger partial charge in [-0.25, -0.2) is 0 Å². The summed E-state index contributed by atoms with van der Waals surface area (Å²) in [6.45, 7) is 7.11. The van der Waals surface area contributed by atoms with E-state index in [4.69, 9.17) is 0 Å². The Morgan fingerprint density at radius 3 is 2.13 bits per heavy atom. The predicted octanol–water partition coefficient (Wildman–Crippen LogP) is 3.32. The normalized spacial score (nSPS) is 16.3. The molecule has 1 aromatic carbocycles. The van der Waals surface area contributed by atoms with Crippen LogP contribution in [0.3, 0.4) is 0 Å². The summed E-state index contributed by atoms with van der Waals surface area (Å²) in [5.74, 6) is 0.0270. The van der Waals surface area contributed by atoms with E-state index < -0.39 is 11.7 Å². The van der Waals surface area contributed by atoms with Crippen LogP contribution >= 0.6 is 0 Å². The molecule has 0 saturated carbocycles. The molecule has 6 heteroatoms. The van der Waals surface area contributed by atoms with E-state index in [-0.39, 0.29) is 5.91 Å². The molecular weight excluding hydrogens is 305 g/mol. The Balaban J connectivity index is 1.87. The van der Waals surface area contributed by atoms with E-state index in [1.165, 1.54) is 12.1 Å². The fraction of sp³-hybridized carbons (Fsp3) is 0.471. The minimum atomic E-state index is -4.30. The first kappa shape index (κ1) is 17.5. The average molecular weight is 326 g/mol. The van der Waals surface area contributed by atoms with Crippen LogP contribution in [0.4, 0.5) is 13.2 Å². The highest BCUT2D eigenvalue weighted by Gasteiger charge is 2.30. The number of alkyl halides is 3. The molecule has 0 bridgehead atoms. The predicted molar refractivity (Wildman–Crippen MR) is 82.7 cm³/mol. The second kappa shape index (κ2) is 7.17. The molecule has 0 N–H and O–H groups in total. The first-order valence-electron chi connectivity index (χ1n) is 7.58. The lowest BCUT2D eigenvalue weighted by Crippen LogP contribution is -2.47. The summed E-state index contributed by atoms with van der Waals surface area (Å²) >= 11 is 0. The molecule has 2 rings (SSSR count). The summed E-state index contributed by atoms with van der Waals surface area (Å²) < 4.78 is 37.6. The van der Waals surface area contributed by atoms with Gasteiger partial charge < -0.3 is 4.90 Å². The zero-order valence-electron chi connectivity index (χ0n) is 13.4. The number of nitrogens with zero attached hydrogens (tertiary/aromatic N) is 2. The summed E-state index contributed by atoms with van der Waals surface area (Å²) in [5, 5.41) is 0. The number of piperazine rings is 1. The van der Waals surface area contributed by atoms with E-state index in [2.05, 4.69) is 4.90 Å². The zero-order chi connectivity index (χ0) is 17.0. The number of halogens is 3. The number of rotatable bonds is 3. The quantitative estimate of drug-likeness (QED) is 0.796. The lowest BCUT2D eigenvalue weighted by Gasteiger charge is -2.34. The van der Waals surface area contributed by atoms with Crippen molar-refractivity contribution < 1.29 is 18.0 Å². The van der Waals surface area contributed by atoms with E-state index in [0.29, 0.717) is 19.6 Å². The van der Waals surface area contributed by atoms with Crippen molar-refractivity contribution in [3.8, 4) is 0 Å². The van der Waals surface area contributed by atoms with E-state index >= 15 is 0 Å². The highest BCUT2D eigenvalue weighted by atomic mass is 19.4. The molecule has 23 heavy (non-hydrogen) atoms. The van der Waals surface area contributed by atoms with Gasteiger partial charge in [0.1, 0.15) is 0 Å². The summed E-state index contributed by atoms with van der Waals surface area (Å²) in [6.07, 6.45) is -2.67. The summed E-state index contributed by atoms with van der Waals surface area (Å²) in [4.78, 5) is 15.9. The van der Waals surface area contributed by atoms with Gasteiger partial charge in [0.05, 0.1) is 5.56 Å². The topological polar surface area (TPSA) is 23.6 Å². The molecule has 1 aromatic rings. The Labute approximate surface area is 134 Å². The van der Waals surface area contributed by atoms with E-state index in [1.807, 2.05) is 13.8 Å². The van der Waals surface area contributed by atoms with Gasteiger partial charge in [0.15, 0.2) is 0 Å². The van der Waals surface area contributed by atoms with E-state index in [1.54, 1.807) is 11.0 Å². The molecule has 1 aliphatic rings. The van der Waals surface area contributed by atoms with Crippen LogP contribution in [0.5, 0.6) is 0 Å². The van der Waals surface area contributed by atoms with E-state index in [0.717, 1.165) is 36.4 Å². The van der Waals surface area contributed by atoms with Crippen LogP contribution in [-0.2, 0) is 17.5 Å². The van der Waals surface area contributed by atoms with Crippen molar-refractivity contribution in [2.75, 3.05) is 26.2 Å². The number of carbonyl (C=O) groups excluding carboxylic acids is 1. The number of allylic oxidation sites excluding steroid dienone is 1. The van der Waals surface area contributed by atoms with Crippen molar-refractivity contribution in [1.29, 1.82) is 0 Å². The lowest BCUT2D eigenvalue weighted by molar-refractivity contribution is -0.137. The van der Waals surface area contributed by atoms with Crippen LogP contribution in [-0.4, -0.2) is 41.9 Å². The minimum Gasteiger partial charge on any atom is -0.337 e. The fourth-order valence-corrected chi connectivity index (χ4v) is 2.52. The second-order valence-corrected chi connectivity index (χ2v) is 6.02. The molecule has 0 atom stereocenters. The Hall–Kier alpha value is -1.82. The molecule has 1 fully saturated rings. The molecule has 3 nitrogen and oxygen atoms in total. The number of amides is 1. The molecule has 1 aliphatic heterocycles. The van der Waals surface area contributed by atoms with Crippen molar-refractivity contribution in [3.05, 3.63) is 47.0 Å². The van der Waals surface area contributed by atoms with Gasteiger partial charge in [0.25, 0.3) is 0 Å². The molecule has 0 spiro atoms. The highest BCUT2D eigenvalue weighted by molar-refractivity contribution is 5.88. The number of benzene rings is 1. The zero-order valence-corrected chi connectivity index (χ0v) is 13.4. The standard InChI is InChI=1S/C17H21F3N2O/c1-13(2)11-16(23)22-9-7-21(8-10-22)12-14-3-5-15(6-4-14)17(18,19)20/h3-6,11H,7-10,12H2,1-2H3. The molecule has 0 aliphatic carbocycles. The highest BCUT2D eigenvalue weighted by Crippen LogP contribution is 2.29. The van der Waals surface area contributed by atoms with Gasteiger partial charge >= 0.3 is 6.18 Å². The monoisotopic (exact) mass is 326 g/mol. The largest absolute Gasteiger partial charge is 0.416 e. The first-order valence-corrected chi connectivity index (χ1v) is 7.58. The van der Waals surface area contributed by atoms with Crippen molar-refractivity contribution in [3.63, 3.8) is 0 Å². The maximum Gasteiger partial charge on any atom is 0.416 e. The van der Waals surface area contributed by atoms with Gasteiger partial charge in [-0.3, -0.25) is 9.69 Å². The van der Waals surface area contributed by atoms with Crippen LogP contribution in [0.1, 0.15) is 25.0 Å². The van der Waals surface area contributed by atoms with Crippen LogP contribution < -0.4 is 0 Å². The van der Waals surface area contributed by atoms with Gasteiger partial charge in [-0.05, 0) is 31.5 Å². The summed E-state index contributed by atoms with van der Waals surface area (Å²) in [5.41, 5.74) is 1.20.